The molecule has 118 valence electrons. The van der Waals surface area contributed by atoms with Gasteiger partial charge in [0.25, 0.3) is 0 Å². The zero-order chi connectivity index (χ0) is 13.8. The summed E-state index contributed by atoms with van der Waals surface area (Å²) in [7, 11) is 0. The number of ether oxygens (including phenoxy) is 1. The van der Waals surface area contributed by atoms with Crippen molar-refractivity contribution < 1.29 is 4.74 Å². The Morgan fingerprint density at radius 2 is 2.24 bits per heavy atom. The van der Waals surface area contributed by atoms with E-state index in [4.69, 9.17) is 4.74 Å². The van der Waals surface area contributed by atoms with Crippen molar-refractivity contribution in [1.29, 1.82) is 0 Å². The first-order valence-electron chi connectivity index (χ1n) is 7.62. The van der Waals surface area contributed by atoms with Crippen LogP contribution < -0.4 is 10.6 Å². The Morgan fingerprint density at radius 3 is 3.00 bits per heavy atom. The molecule has 1 aromatic carbocycles. The molecule has 2 fully saturated rings. The average Bonchev–Trinajstić information content (AvgIpc) is 2.95. The zero-order valence-corrected chi connectivity index (χ0v) is 14.6. The molecule has 1 aliphatic carbocycles. The van der Waals surface area contributed by atoms with Gasteiger partial charge in [0.2, 0.25) is 0 Å². The molecule has 0 spiro atoms. The molecule has 1 aromatic rings. The van der Waals surface area contributed by atoms with Crippen LogP contribution in [0.3, 0.4) is 0 Å². The Morgan fingerprint density at radius 1 is 1.33 bits per heavy atom. The third-order valence-electron chi connectivity index (χ3n) is 4.49. The molecule has 3 nitrogen and oxygen atoms in total. The molecule has 1 aliphatic heterocycles. The van der Waals surface area contributed by atoms with Gasteiger partial charge in [-0.1, -0.05) is 34.5 Å². The number of benzene rings is 1. The van der Waals surface area contributed by atoms with Crippen molar-refractivity contribution >= 4 is 28.3 Å². The van der Waals surface area contributed by atoms with Crippen LogP contribution in [0.4, 0.5) is 0 Å². The molecule has 3 unspecified atom stereocenters. The fourth-order valence-electron chi connectivity index (χ4n) is 3.48. The molecule has 5 heteroatoms. The summed E-state index contributed by atoms with van der Waals surface area (Å²) >= 11 is 3.54. The molecule has 0 amide bonds. The predicted molar refractivity (Wildman–Crippen MR) is 92.0 cm³/mol. The second kappa shape index (κ2) is 8.49. The van der Waals surface area contributed by atoms with Gasteiger partial charge < -0.3 is 15.4 Å². The minimum atomic E-state index is 0. The monoisotopic (exact) mass is 374 g/mol. The van der Waals surface area contributed by atoms with Gasteiger partial charge in [-0.05, 0) is 36.5 Å². The number of hydrogen-bond donors (Lipinski definition) is 2. The maximum Gasteiger partial charge on any atom is 0.0623 e. The normalized spacial score (nSPS) is 29.1. The summed E-state index contributed by atoms with van der Waals surface area (Å²) in [5.41, 5.74) is 1.35. The molecule has 2 N–H and O–H groups in total. The second-order valence-electron chi connectivity index (χ2n) is 5.85. The van der Waals surface area contributed by atoms with Gasteiger partial charge in [0.05, 0.1) is 13.2 Å². The highest BCUT2D eigenvalue weighted by molar-refractivity contribution is 9.10. The van der Waals surface area contributed by atoms with Crippen LogP contribution in [0.5, 0.6) is 0 Å². The number of halogens is 2. The van der Waals surface area contributed by atoms with Crippen molar-refractivity contribution in [3.8, 4) is 0 Å². The van der Waals surface area contributed by atoms with Crippen molar-refractivity contribution in [1.82, 2.24) is 10.6 Å². The highest BCUT2D eigenvalue weighted by atomic mass is 79.9. The zero-order valence-electron chi connectivity index (χ0n) is 12.2. The van der Waals surface area contributed by atoms with Gasteiger partial charge >= 0.3 is 0 Å². The Balaban J connectivity index is 0.00000161. The highest BCUT2D eigenvalue weighted by Gasteiger charge is 2.34. The van der Waals surface area contributed by atoms with E-state index in [-0.39, 0.29) is 12.4 Å². The summed E-state index contributed by atoms with van der Waals surface area (Å²) in [6, 6.07) is 9.71. The highest BCUT2D eigenvalue weighted by Crippen LogP contribution is 2.29. The van der Waals surface area contributed by atoms with Gasteiger partial charge in [-0.15, -0.1) is 12.4 Å². The van der Waals surface area contributed by atoms with Crippen molar-refractivity contribution in [2.45, 2.75) is 37.9 Å². The van der Waals surface area contributed by atoms with E-state index < -0.39 is 0 Å². The topological polar surface area (TPSA) is 33.3 Å². The molecule has 3 atom stereocenters. The third kappa shape index (κ3) is 4.67. The maximum atomic E-state index is 5.62. The molecule has 1 heterocycles. The SMILES string of the molecule is Brc1cccc(CNC2CCCC2C2COCCN2)c1.Cl. The van der Waals surface area contributed by atoms with E-state index in [2.05, 4.69) is 50.8 Å². The summed E-state index contributed by atoms with van der Waals surface area (Å²) in [6.07, 6.45) is 3.94. The molecular formula is C16H24BrClN2O. The molecular weight excluding hydrogens is 352 g/mol. The van der Waals surface area contributed by atoms with Gasteiger partial charge in [0, 0.05) is 29.6 Å². The lowest BCUT2D eigenvalue weighted by atomic mass is 9.94. The van der Waals surface area contributed by atoms with Crippen LogP contribution in [0.2, 0.25) is 0 Å². The van der Waals surface area contributed by atoms with Gasteiger partial charge in [-0.2, -0.15) is 0 Å². The predicted octanol–water partition coefficient (Wildman–Crippen LogP) is 3.12. The van der Waals surface area contributed by atoms with E-state index in [0.717, 1.165) is 30.8 Å². The molecule has 3 rings (SSSR count). The second-order valence-corrected chi connectivity index (χ2v) is 6.76. The summed E-state index contributed by atoms with van der Waals surface area (Å²) in [6.45, 7) is 3.69. The number of nitrogens with one attached hydrogen (secondary N) is 2. The van der Waals surface area contributed by atoms with Crippen LogP contribution >= 0.6 is 28.3 Å². The molecule has 0 aromatic heterocycles. The lowest BCUT2D eigenvalue weighted by Crippen LogP contribution is -2.50. The third-order valence-corrected chi connectivity index (χ3v) is 4.99. The van der Waals surface area contributed by atoms with Crippen LogP contribution in [-0.2, 0) is 11.3 Å². The minimum Gasteiger partial charge on any atom is -0.379 e. The van der Waals surface area contributed by atoms with Crippen molar-refractivity contribution in [2.24, 2.45) is 5.92 Å². The molecule has 2 aliphatic rings. The fourth-order valence-corrected chi connectivity index (χ4v) is 3.93. The van der Waals surface area contributed by atoms with Crippen LogP contribution in [0.15, 0.2) is 28.7 Å². The van der Waals surface area contributed by atoms with Crippen molar-refractivity contribution in [3.63, 3.8) is 0 Å². The Kier molecular flexibility index (Phi) is 6.96. The fraction of sp³-hybridized carbons (Fsp3) is 0.625. The lowest BCUT2D eigenvalue weighted by Gasteiger charge is -2.33. The molecule has 0 radical (unpaired) electrons. The lowest BCUT2D eigenvalue weighted by molar-refractivity contribution is 0.0524. The van der Waals surface area contributed by atoms with Crippen LogP contribution in [0.25, 0.3) is 0 Å². The maximum absolute atomic E-state index is 5.62. The van der Waals surface area contributed by atoms with Crippen LogP contribution in [-0.4, -0.2) is 31.8 Å². The van der Waals surface area contributed by atoms with E-state index >= 15 is 0 Å². The first-order valence-corrected chi connectivity index (χ1v) is 8.41. The smallest absolute Gasteiger partial charge is 0.0623 e. The van der Waals surface area contributed by atoms with E-state index in [1.54, 1.807) is 0 Å². The van der Waals surface area contributed by atoms with Gasteiger partial charge in [-0.3, -0.25) is 0 Å². The van der Waals surface area contributed by atoms with Crippen LogP contribution in [0, 0.1) is 5.92 Å². The first kappa shape index (κ1) is 17.2. The molecule has 1 saturated heterocycles. The average molecular weight is 376 g/mol. The van der Waals surface area contributed by atoms with E-state index in [1.165, 1.54) is 24.8 Å². The van der Waals surface area contributed by atoms with Gasteiger partial charge in [0.1, 0.15) is 0 Å². The summed E-state index contributed by atoms with van der Waals surface area (Å²) in [5.74, 6) is 0.711. The van der Waals surface area contributed by atoms with Crippen LogP contribution in [0.1, 0.15) is 24.8 Å². The number of rotatable bonds is 4. The van der Waals surface area contributed by atoms with Crippen molar-refractivity contribution in [3.05, 3.63) is 34.3 Å². The summed E-state index contributed by atoms with van der Waals surface area (Å²) < 4.78 is 6.78. The molecule has 0 bridgehead atoms. The first-order chi connectivity index (χ1) is 9.83. The summed E-state index contributed by atoms with van der Waals surface area (Å²) in [5, 5.41) is 7.38. The van der Waals surface area contributed by atoms with E-state index in [9.17, 15) is 0 Å². The van der Waals surface area contributed by atoms with E-state index in [1.807, 2.05) is 0 Å². The molecule has 1 saturated carbocycles. The minimum absolute atomic E-state index is 0. The quantitative estimate of drug-likeness (QED) is 0.848. The Labute approximate surface area is 141 Å². The Bertz CT molecular complexity index is 440. The number of hydrogen-bond acceptors (Lipinski definition) is 3. The molecule has 21 heavy (non-hydrogen) atoms. The largest absolute Gasteiger partial charge is 0.379 e. The standard InChI is InChI=1S/C16H23BrN2O.ClH/c17-13-4-1-3-12(9-13)10-19-15-6-2-5-14(15)16-11-20-8-7-18-16;/h1,3-4,9,14-16,18-19H,2,5-8,10-11H2;1H. The van der Waals surface area contributed by atoms with Gasteiger partial charge in [-0.25, -0.2) is 0 Å². The summed E-state index contributed by atoms with van der Waals surface area (Å²) in [4.78, 5) is 0. The Hall–Kier alpha value is -0.130. The van der Waals surface area contributed by atoms with Gasteiger partial charge in [0.15, 0.2) is 0 Å². The van der Waals surface area contributed by atoms with Crippen molar-refractivity contribution in [2.75, 3.05) is 19.8 Å². The van der Waals surface area contributed by atoms with E-state index in [0.29, 0.717) is 18.0 Å². The number of morpholine rings is 1.